The minimum atomic E-state index is -1.60. The summed E-state index contributed by atoms with van der Waals surface area (Å²) in [5, 5.41) is 0. The molecule has 0 aromatic rings. The van der Waals surface area contributed by atoms with Gasteiger partial charge < -0.3 is 0 Å². The van der Waals surface area contributed by atoms with Crippen molar-refractivity contribution in [2.45, 2.75) is 19.6 Å². The molecule has 0 saturated heterocycles. The van der Waals surface area contributed by atoms with E-state index in [1.54, 1.807) is 12.5 Å². The van der Waals surface area contributed by atoms with Gasteiger partial charge in [-0.15, -0.1) is 0 Å². The molecule has 56 valence electrons. The Hall–Kier alpha value is 0.237. The van der Waals surface area contributed by atoms with Crippen molar-refractivity contribution >= 4 is 22.6 Å². The van der Waals surface area contributed by atoms with E-state index < -0.39 is 17.6 Å². The molecule has 0 saturated carbocycles. The number of rotatable bonds is 1. The Morgan fingerprint density at radius 2 is 1.56 bits per heavy atom. The quantitative estimate of drug-likeness (QED) is 0.420. The lowest BCUT2D eigenvalue weighted by Crippen LogP contribution is -2.26. The van der Waals surface area contributed by atoms with Crippen molar-refractivity contribution in [2.75, 3.05) is 12.5 Å². The van der Waals surface area contributed by atoms with Crippen LogP contribution in [0.1, 0.15) is 0 Å². The Morgan fingerprint density at radius 1 is 1.22 bits per heavy atom. The van der Waals surface area contributed by atoms with Gasteiger partial charge in [-0.1, -0.05) is 19.6 Å². The molecule has 0 aromatic carbocycles. The molecule has 0 heterocycles. The van der Waals surface area contributed by atoms with E-state index in [0.29, 0.717) is 0 Å². The Labute approximate surface area is 59.5 Å². The topological polar surface area (TPSA) is 17.1 Å². The highest BCUT2D eigenvalue weighted by molar-refractivity contribution is 8.02. The lowest BCUT2D eigenvalue weighted by Gasteiger charge is -2.09. The average molecular weight is 164 g/mol. The Balaban J connectivity index is 4.53. The molecule has 0 amide bonds. The SMILES string of the molecule is C[Si](C)(C)C=S(C)(C)=O. The van der Waals surface area contributed by atoms with E-state index in [2.05, 4.69) is 19.6 Å². The summed E-state index contributed by atoms with van der Waals surface area (Å²) in [6, 6.07) is 0. The molecule has 0 N–H and O–H groups in total. The van der Waals surface area contributed by atoms with Gasteiger partial charge in [-0.3, -0.25) is 4.21 Å². The second-order valence-electron chi connectivity index (χ2n) is 3.79. The molecule has 0 fully saturated rings. The van der Waals surface area contributed by atoms with E-state index in [-0.39, 0.29) is 0 Å². The van der Waals surface area contributed by atoms with E-state index in [9.17, 15) is 4.21 Å². The summed E-state index contributed by atoms with van der Waals surface area (Å²) in [5.74, 6) is 0. The summed E-state index contributed by atoms with van der Waals surface area (Å²) in [5.41, 5.74) is 0. The van der Waals surface area contributed by atoms with Crippen molar-refractivity contribution in [1.29, 1.82) is 0 Å². The zero-order chi connectivity index (χ0) is 7.71. The predicted octanol–water partition coefficient (Wildman–Crippen LogP) is 1.21. The third-order valence-corrected chi connectivity index (χ3v) is 5.74. The van der Waals surface area contributed by atoms with Crippen molar-refractivity contribution in [1.82, 2.24) is 0 Å². The van der Waals surface area contributed by atoms with Gasteiger partial charge >= 0.3 is 0 Å². The van der Waals surface area contributed by atoms with Gasteiger partial charge in [0.1, 0.15) is 0 Å². The normalized spacial score (nSPS) is 13.4. The fourth-order valence-corrected chi connectivity index (χ4v) is 7.66. The van der Waals surface area contributed by atoms with Crippen LogP contribution in [0.3, 0.4) is 0 Å². The van der Waals surface area contributed by atoms with E-state index in [0.717, 1.165) is 0 Å². The molecule has 0 aliphatic rings. The van der Waals surface area contributed by atoms with Gasteiger partial charge in [-0.05, 0) is 14.5 Å². The van der Waals surface area contributed by atoms with Crippen LogP contribution >= 0.6 is 0 Å². The van der Waals surface area contributed by atoms with Crippen LogP contribution in [0.5, 0.6) is 0 Å². The van der Waals surface area contributed by atoms with Crippen LogP contribution in [0.2, 0.25) is 19.6 Å². The highest BCUT2D eigenvalue weighted by atomic mass is 32.2. The van der Waals surface area contributed by atoms with E-state index in [1.165, 1.54) is 0 Å². The first-order valence-corrected chi connectivity index (χ1v) is 9.02. The molecule has 0 aliphatic heterocycles. The Kier molecular flexibility index (Phi) is 2.53. The molecule has 0 radical (unpaired) electrons. The summed E-state index contributed by atoms with van der Waals surface area (Å²) >= 11 is 0. The molecule has 1 nitrogen and oxygen atoms in total. The van der Waals surface area contributed by atoms with Gasteiger partial charge in [-0.25, -0.2) is 0 Å². The Bertz CT molecular complexity index is 186. The van der Waals surface area contributed by atoms with Crippen molar-refractivity contribution in [3.8, 4) is 0 Å². The molecule has 9 heavy (non-hydrogen) atoms. The highest BCUT2D eigenvalue weighted by Crippen LogP contribution is 1.96. The zero-order valence-electron chi connectivity index (χ0n) is 6.89. The predicted molar refractivity (Wildman–Crippen MR) is 49.4 cm³/mol. The van der Waals surface area contributed by atoms with Crippen LogP contribution in [0.25, 0.3) is 0 Å². The summed E-state index contributed by atoms with van der Waals surface area (Å²) < 4.78 is 11.2. The summed E-state index contributed by atoms with van der Waals surface area (Å²) in [6.45, 7) is 6.58. The van der Waals surface area contributed by atoms with Crippen LogP contribution in [-0.2, 0) is 9.52 Å². The molecule has 0 rings (SSSR count). The first-order chi connectivity index (χ1) is 3.71. The van der Waals surface area contributed by atoms with Crippen molar-refractivity contribution in [3.05, 3.63) is 0 Å². The number of hydrogen-bond donors (Lipinski definition) is 0. The van der Waals surface area contributed by atoms with Gasteiger partial charge in [0.2, 0.25) is 0 Å². The second kappa shape index (κ2) is 2.46. The molecule has 0 aromatic heterocycles. The number of hydrogen-bond acceptors (Lipinski definition) is 1. The highest BCUT2D eigenvalue weighted by Gasteiger charge is 2.09. The standard InChI is InChI=1S/C6H16OSSi/c1-8(2,7)6-9(3,4)5/h6H,1-5H3. The van der Waals surface area contributed by atoms with Gasteiger partial charge in [0.25, 0.3) is 0 Å². The second-order valence-corrected chi connectivity index (χ2v) is 12.1. The van der Waals surface area contributed by atoms with Crippen LogP contribution < -0.4 is 0 Å². The lowest BCUT2D eigenvalue weighted by atomic mass is 11.8. The van der Waals surface area contributed by atoms with Crippen molar-refractivity contribution < 1.29 is 4.21 Å². The minimum absolute atomic E-state index is 1.19. The lowest BCUT2D eigenvalue weighted by molar-refractivity contribution is 0.688. The fraction of sp³-hybridized carbons (Fsp3) is 0.833. The zero-order valence-corrected chi connectivity index (χ0v) is 8.71. The summed E-state index contributed by atoms with van der Waals surface area (Å²) in [4.78, 5) is 2.04. The van der Waals surface area contributed by atoms with Gasteiger partial charge in [-0.2, -0.15) is 0 Å². The largest absolute Gasteiger partial charge is 0.269 e. The van der Waals surface area contributed by atoms with Crippen molar-refractivity contribution in [2.24, 2.45) is 0 Å². The summed E-state index contributed by atoms with van der Waals surface area (Å²) in [7, 11) is -2.79. The first-order valence-electron chi connectivity index (χ1n) is 3.01. The third-order valence-electron chi connectivity index (χ3n) is 0.637. The smallest absolute Gasteiger partial charge is 0.0784 e. The molecule has 0 bridgehead atoms. The third kappa shape index (κ3) is 8.24. The van der Waals surface area contributed by atoms with Crippen LogP contribution in [0.4, 0.5) is 0 Å². The van der Waals surface area contributed by atoms with Gasteiger partial charge in [0.05, 0.1) is 8.07 Å². The van der Waals surface area contributed by atoms with E-state index in [1.807, 2.05) is 4.99 Å². The molecule has 3 heteroatoms. The monoisotopic (exact) mass is 164 g/mol. The van der Waals surface area contributed by atoms with E-state index in [4.69, 9.17) is 0 Å². The van der Waals surface area contributed by atoms with Crippen LogP contribution in [-0.4, -0.2) is 29.8 Å². The fourth-order valence-electron chi connectivity index (χ4n) is 0.851. The molecular weight excluding hydrogens is 148 g/mol. The molecule has 0 atom stereocenters. The average Bonchev–Trinajstić information content (AvgIpc) is 1.14. The molecular formula is C6H16OSSi. The van der Waals surface area contributed by atoms with Crippen molar-refractivity contribution in [3.63, 3.8) is 0 Å². The van der Waals surface area contributed by atoms with Gasteiger partial charge in [0, 0.05) is 12.5 Å². The maximum atomic E-state index is 11.2. The van der Waals surface area contributed by atoms with Gasteiger partial charge in [0.15, 0.2) is 0 Å². The maximum absolute atomic E-state index is 11.2. The Morgan fingerprint density at radius 3 is 1.56 bits per heavy atom. The molecule has 0 unspecified atom stereocenters. The molecule has 0 aliphatic carbocycles. The maximum Gasteiger partial charge on any atom is 0.0784 e. The minimum Gasteiger partial charge on any atom is -0.269 e. The summed E-state index contributed by atoms with van der Waals surface area (Å²) in [6.07, 6.45) is 3.59. The van der Waals surface area contributed by atoms with Crippen LogP contribution in [0, 0.1) is 0 Å². The van der Waals surface area contributed by atoms with Crippen LogP contribution in [0.15, 0.2) is 0 Å². The van der Waals surface area contributed by atoms with E-state index >= 15 is 0 Å². The molecule has 0 spiro atoms. The first kappa shape index (κ1) is 9.24.